The first-order valence-electron chi connectivity index (χ1n) is 3.64. The molecule has 0 aromatic carbocycles. The smallest absolute Gasteiger partial charge is 0.173 e. The van der Waals surface area contributed by atoms with Crippen LogP contribution in [0.3, 0.4) is 0 Å². The predicted octanol–water partition coefficient (Wildman–Crippen LogP) is -3.10. The van der Waals surface area contributed by atoms with Crippen molar-refractivity contribution in [3.8, 4) is 0 Å². The fraction of sp³-hybridized carbons (Fsp3) is 1.00. The molecule has 1 aliphatic rings. The highest BCUT2D eigenvalue weighted by atomic mass is 19.0. The molecule has 1 saturated heterocycles. The van der Waals surface area contributed by atoms with Gasteiger partial charge in [-0.15, -0.1) is 0 Å². The third-order valence-corrected chi connectivity index (χ3v) is 1.95. The second kappa shape index (κ2) is 4.80. The van der Waals surface area contributed by atoms with Crippen LogP contribution in [0.15, 0.2) is 0 Å². The van der Waals surface area contributed by atoms with E-state index in [1.54, 1.807) is 0 Å². The topological polar surface area (TPSA) is 116 Å². The molecule has 0 aromatic heterocycles. The summed E-state index contributed by atoms with van der Waals surface area (Å²) in [6.07, 6.45) is -4.85. The maximum atomic E-state index is 9.20. The molecule has 1 rings (SSSR count). The Hall–Kier alpha value is -0.310. The summed E-state index contributed by atoms with van der Waals surface area (Å²) in [6, 6.07) is -1.04. The number of aliphatic hydroxyl groups excluding tert-OH is 4. The van der Waals surface area contributed by atoms with Gasteiger partial charge in [-0.3, -0.25) is 4.70 Å². The van der Waals surface area contributed by atoms with Gasteiger partial charge in [-0.2, -0.15) is 0 Å². The van der Waals surface area contributed by atoms with Crippen LogP contribution in [0, 0.1) is 0 Å². The molecule has 0 aromatic rings. The Morgan fingerprint density at radius 1 is 1.15 bits per heavy atom. The summed E-state index contributed by atoms with van der Waals surface area (Å²) in [5.74, 6) is 0. The van der Waals surface area contributed by atoms with Gasteiger partial charge in [0.2, 0.25) is 0 Å². The van der Waals surface area contributed by atoms with Crippen LogP contribution in [0.2, 0.25) is 0 Å². The average molecular weight is 199 g/mol. The largest absolute Gasteiger partial charge is 0.394 e. The molecule has 1 unspecified atom stereocenters. The van der Waals surface area contributed by atoms with Crippen LogP contribution in [0.25, 0.3) is 0 Å². The van der Waals surface area contributed by atoms with Crippen LogP contribution in [-0.4, -0.2) is 57.7 Å². The van der Waals surface area contributed by atoms with E-state index < -0.39 is 37.3 Å². The van der Waals surface area contributed by atoms with E-state index in [-0.39, 0.29) is 4.70 Å². The van der Waals surface area contributed by atoms with E-state index in [1.807, 2.05) is 0 Å². The molecular formula is C6H14FNO5. The Morgan fingerprint density at radius 3 is 2.15 bits per heavy atom. The van der Waals surface area contributed by atoms with E-state index in [0.29, 0.717) is 0 Å². The molecule has 0 aliphatic carbocycles. The molecule has 5 atom stereocenters. The summed E-state index contributed by atoms with van der Waals surface area (Å²) in [6.45, 7) is -0.470. The van der Waals surface area contributed by atoms with E-state index in [4.69, 9.17) is 20.7 Å². The number of aliphatic hydroxyl groups is 4. The lowest BCUT2D eigenvalue weighted by atomic mass is 9.98. The van der Waals surface area contributed by atoms with Crippen LogP contribution in [0.4, 0.5) is 4.70 Å². The second-order valence-electron chi connectivity index (χ2n) is 2.81. The van der Waals surface area contributed by atoms with Gasteiger partial charge in [-0.25, -0.2) is 0 Å². The summed E-state index contributed by atoms with van der Waals surface area (Å²) < 4.78 is 4.70. The van der Waals surface area contributed by atoms with Crippen molar-refractivity contribution in [1.29, 1.82) is 0 Å². The minimum atomic E-state index is -1.35. The zero-order chi connectivity index (χ0) is 9.30. The molecule has 7 heteroatoms. The summed E-state index contributed by atoms with van der Waals surface area (Å²) in [5.41, 5.74) is 5.26. The molecule has 0 amide bonds. The maximum Gasteiger partial charge on any atom is 0.173 e. The van der Waals surface area contributed by atoms with E-state index in [1.165, 1.54) is 0 Å². The number of halogens is 1. The van der Waals surface area contributed by atoms with Gasteiger partial charge in [0.25, 0.3) is 0 Å². The van der Waals surface area contributed by atoms with E-state index in [2.05, 4.69) is 0 Å². The lowest BCUT2D eigenvalue weighted by molar-refractivity contribution is -0.248. The van der Waals surface area contributed by atoms with E-state index in [0.717, 1.165) is 0 Å². The van der Waals surface area contributed by atoms with Crippen molar-refractivity contribution in [1.82, 2.24) is 0 Å². The quantitative estimate of drug-likeness (QED) is 0.305. The van der Waals surface area contributed by atoms with Crippen LogP contribution < -0.4 is 5.73 Å². The highest BCUT2D eigenvalue weighted by Gasteiger charge is 2.41. The van der Waals surface area contributed by atoms with Crippen molar-refractivity contribution in [2.45, 2.75) is 30.6 Å². The molecule has 6 nitrogen and oxygen atoms in total. The minimum absolute atomic E-state index is 0. The Kier molecular flexibility index (Phi) is 4.68. The van der Waals surface area contributed by atoms with Gasteiger partial charge >= 0.3 is 0 Å². The monoisotopic (exact) mass is 199 g/mol. The molecular weight excluding hydrogens is 185 g/mol. The number of ether oxygens (including phenoxy) is 1. The van der Waals surface area contributed by atoms with Gasteiger partial charge in [-0.1, -0.05) is 0 Å². The molecule has 1 aliphatic heterocycles. The molecule has 13 heavy (non-hydrogen) atoms. The molecule has 0 radical (unpaired) electrons. The van der Waals surface area contributed by atoms with Crippen molar-refractivity contribution in [2.24, 2.45) is 5.73 Å². The molecule has 1 heterocycles. The van der Waals surface area contributed by atoms with Crippen LogP contribution >= 0.6 is 0 Å². The van der Waals surface area contributed by atoms with Crippen molar-refractivity contribution < 1.29 is 29.9 Å². The third-order valence-electron chi connectivity index (χ3n) is 1.95. The second-order valence-corrected chi connectivity index (χ2v) is 2.81. The van der Waals surface area contributed by atoms with Crippen molar-refractivity contribution in [2.75, 3.05) is 6.61 Å². The molecule has 0 bridgehead atoms. The summed E-state index contributed by atoms with van der Waals surface area (Å²) >= 11 is 0. The van der Waals surface area contributed by atoms with Crippen LogP contribution in [-0.2, 0) is 4.74 Å². The maximum absolute atomic E-state index is 9.20. The Bertz CT molecular complexity index is 155. The van der Waals surface area contributed by atoms with E-state index >= 15 is 0 Å². The van der Waals surface area contributed by atoms with Crippen LogP contribution in [0.1, 0.15) is 0 Å². The van der Waals surface area contributed by atoms with Crippen molar-refractivity contribution >= 4 is 0 Å². The number of nitrogens with two attached hydrogens (primary N) is 1. The lowest BCUT2D eigenvalue weighted by Gasteiger charge is -2.38. The number of hydrogen-bond donors (Lipinski definition) is 5. The number of hydrogen-bond acceptors (Lipinski definition) is 6. The molecule has 80 valence electrons. The van der Waals surface area contributed by atoms with Gasteiger partial charge < -0.3 is 30.9 Å². The van der Waals surface area contributed by atoms with Gasteiger partial charge in [-0.05, 0) is 0 Å². The van der Waals surface area contributed by atoms with Gasteiger partial charge in [0.1, 0.15) is 18.3 Å². The van der Waals surface area contributed by atoms with Crippen molar-refractivity contribution in [3.63, 3.8) is 0 Å². The average Bonchev–Trinajstić information content (AvgIpc) is 2.08. The first-order valence-corrected chi connectivity index (χ1v) is 3.64. The first kappa shape index (κ1) is 12.7. The molecule has 6 N–H and O–H groups in total. The third kappa shape index (κ3) is 2.33. The zero-order valence-electron chi connectivity index (χ0n) is 6.78. The normalized spacial score (nSPS) is 45.5. The number of rotatable bonds is 1. The Labute approximate surface area is 73.9 Å². The van der Waals surface area contributed by atoms with Gasteiger partial charge in [0.05, 0.1) is 12.6 Å². The fourth-order valence-corrected chi connectivity index (χ4v) is 1.12. The summed E-state index contributed by atoms with van der Waals surface area (Å²) in [7, 11) is 0. The lowest BCUT2D eigenvalue weighted by Crippen LogP contribution is -2.61. The predicted molar refractivity (Wildman–Crippen MR) is 40.5 cm³/mol. The van der Waals surface area contributed by atoms with Gasteiger partial charge in [0, 0.05) is 0 Å². The van der Waals surface area contributed by atoms with Crippen molar-refractivity contribution in [3.05, 3.63) is 0 Å². The Balaban J connectivity index is 0.00000144. The van der Waals surface area contributed by atoms with E-state index in [9.17, 15) is 10.2 Å². The molecule has 0 spiro atoms. The molecule has 0 saturated carbocycles. The highest BCUT2D eigenvalue weighted by Crippen LogP contribution is 2.17. The SMILES string of the molecule is F.N[C@@H]1C(O)O[C@H](CO)[C@@H](O)[C@@H]1O. The highest BCUT2D eigenvalue weighted by molar-refractivity contribution is 4.90. The van der Waals surface area contributed by atoms with Gasteiger partial charge in [0.15, 0.2) is 6.29 Å². The summed E-state index contributed by atoms with van der Waals surface area (Å²) in [4.78, 5) is 0. The standard InChI is InChI=1S/C6H13NO5.FH/c7-3-5(10)4(9)2(1-8)12-6(3)11;/h2-6,8-11H,1,7H2;1H/t2-,3+,4-,5-,6?;/m1./s1. The Morgan fingerprint density at radius 2 is 1.69 bits per heavy atom. The first-order chi connectivity index (χ1) is 5.57. The van der Waals surface area contributed by atoms with Crippen LogP contribution in [0.5, 0.6) is 0 Å². The fourth-order valence-electron chi connectivity index (χ4n) is 1.12. The summed E-state index contributed by atoms with van der Waals surface area (Å²) in [5, 5.41) is 36.1. The zero-order valence-corrected chi connectivity index (χ0v) is 6.78. The molecule has 1 fully saturated rings. The minimum Gasteiger partial charge on any atom is -0.394 e.